The second kappa shape index (κ2) is 6.22. The first-order valence-electron chi connectivity index (χ1n) is 6.55. The van der Waals surface area contributed by atoms with Gasteiger partial charge in [-0.3, -0.25) is 9.48 Å². The molecule has 1 aromatic carbocycles. The maximum Gasteiger partial charge on any atom is 0.226 e. The number of carbonyl (C=O) groups excluding carboxylic acids is 1. The molecular formula is C15H18BrN3O. The summed E-state index contributed by atoms with van der Waals surface area (Å²) in [5.74, 6) is -0.00706. The molecule has 0 radical (unpaired) electrons. The van der Waals surface area contributed by atoms with Gasteiger partial charge in [0, 0.05) is 12.1 Å². The van der Waals surface area contributed by atoms with Gasteiger partial charge in [0.1, 0.15) is 0 Å². The molecule has 5 heteroatoms. The SMILES string of the molecule is Cc1nn([C@H](C)CC(=O)Nc2ccccc2)c(C)c1Br. The van der Waals surface area contributed by atoms with Crippen molar-refractivity contribution in [2.45, 2.75) is 33.2 Å². The average molecular weight is 336 g/mol. The fourth-order valence-electron chi connectivity index (χ4n) is 2.16. The monoisotopic (exact) mass is 335 g/mol. The summed E-state index contributed by atoms with van der Waals surface area (Å²) >= 11 is 3.50. The second-order valence-corrected chi connectivity index (χ2v) is 5.69. The highest BCUT2D eigenvalue weighted by Crippen LogP contribution is 2.24. The van der Waals surface area contributed by atoms with Gasteiger partial charge in [-0.15, -0.1) is 0 Å². The van der Waals surface area contributed by atoms with Gasteiger partial charge in [-0.25, -0.2) is 0 Å². The minimum absolute atomic E-state index is 0.00706. The lowest BCUT2D eigenvalue weighted by Gasteiger charge is -2.14. The van der Waals surface area contributed by atoms with Crippen molar-refractivity contribution in [2.24, 2.45) is 0 Å². The van der Waals surface area contributed by atoms with Crippen molar-refractivity contribution in [2.75, 3.05) is 5.32 Å². The predicted octanol–water partition coefficient (Wildman–Crippen LogP) is 3.85. The van der Waals surface area contributed by atoms with Crippen LogP contribution in [-0.4, -0.2) is 15.7 Å². The highest BCUT2D eigenvalue weighted by molar-refractivity contribution is 9.10. The molecule has 1 aromatic heterocycles. The van der Waals surface area contributed by atoms with Gasteiger partial charge in [0.15, 0.2) is 0 Å². The summed E-state index contributed by atoms with van der Waals surface area (Å²) in [6.07, 6.45) is 0.392. The number of hydrogen-bond donors (Lipinski definition) is 1. The molecule has 20 heavy (non-hydrogen) atoms. The summed E-state index contributed by atoms with van der Waals surface area (Å²) in [5.41, 5.74) is 2.81. The van der Waals surface area contributed by atoms with Crippen molar-refractivity contribution >= 4 is 27.5 Å². The summed E-state index contributed by atoms with van der Waals surface area (Å²) in [6, 6.07) is 9.49. The number of amides is 1. The molecule has 2 rings (SSSR count). The highest BCUT2D eigenvalue weighted by atomic mass is 79.9. The van der Waals surface area contributed by atoms with E-state index in [9.17, 15) is 4.79 Å². The van der Waals surface area contributed by atoms with Crippen molar-refractivity contribution < 1.29 is 4.79 Å². The average Bonchev–Trinajstić information content (AvgIpc) is 2.67. The number of aromatic nitrogens is 2. The molecule has 106 valence electrons. The third-order valence-electron chi connectivity index (χ3n) is 3.19. The molecule has 0 spiro atoms. The van der Waals surface area contributed by atoms with Crippen LogP contribution in [0.2, 0.25) is 0 Å². The number of anilines is 1. The summed E-state index contributed by atoms with van der Waals surface area (Å²) < 4.78 is 2.90. The highest BCUT2D eigenvalue weighted by Gasteiger charge is 2.16. The molecule has 0 aliphatic carbocycles. The van der Waals surface area contributed by atoms with Crippen LogP contribution in [0.15, 0.2) is 34.8 Å². The molecule has 0 aliphatic heterocycles. The molecule has 1 heterocycles. The van der Waals surface area contributed by atoms with Crippen LogP contribution in [0.1, 0.15) is 30.8 Å². The first-order valence-corrected chi connectivity index (χ1v) is 7.34. The molecule has 1 N–H and O–H groups in total. The third kappa shape index (κ3) is 3.28. The van der Waals surface area contributed by atoms with E-state index < -0.39 is 0 Å². The van der Waals surface area contributed by atoms with E-state index in [1.165, 1.54) is 0 Å². The summed E-state index contributed by atoms with van der Waals surface area (Å²) in [7, 11) is 0. The topological polar surface area (TPSA) is 46.9 Å². The molecule has 0 fully saturated rings. The largest absolute Gasteiger partial charge is 0.326 e. The minimum Gasteiger partial charge on any atom is -0.326 e. The Balaban J connectivity index is 2.02. The Morgan fingerprint density at radius 1 is 1.35 bits per heavy atom. The van der Waals surface area contributed by atoms with Crippen LogP contribution in [0.3, 0.4) is 0 Å². The van der Waals surface area contributed by atoms with Crippen molar-refractivity contribution in [3.8, 4) is 0 Å². The number of halogens is 1. The molecule has 1 atom stereocenters. The van der Waals surface area contributed by atoms with Gasteiger partial charge < -0.3 is 5.32 Å². The van der Waals surface area contributed by atoms with Crippen LogP contribution in [0.25, 0.3) is 0 Å². The zero-order chi connectivity index (χ0) is 14.7. The van der Waals surface area contributed by atoms with Crippen LogP contribution < -0.4 is 5.32 Å². The standard InChI is InChI=1S/C15H18BrN3O/c1-10(19-12(3)15(16)11(2)18-19)9-14(20)17-13-7-5-4-6-8-13/h4-8,10H,9H2,1-3H3,(H,17,20)/t10-/m1/s1. The molecule has 4 nitrogen and oxygen atoms in total. The van der Waals surface area contributed by atoms with Gasteiger partial charge in [0.25, 0.3) is 0 Å². The first kappa shape index (κ1) is 14.8. The molecule has 0 aliphatic rings. The Bertz CT molecular complexity index is 607. The fourth-order valence-corrected chi connectivity index (χ4v) is 2.42. The molecule has 0 bridgehead atoms. The lowest BCUT2D eigenvalue weighted by atomic mass is 10.2. The first-order chi connectivity index (χ1) is 9.49. The maximum absolute atomic E-state index is 12.0. The number of aryl methyl sites for hydroxylation is 1. The quantitative estimate of drug-likeness (QED) is 0.922. The van der Waals surface area contributed by atoms with Crippen molar-refractivity contribution in [3.63, 3.8) is 0 Å². The third-order valence-corrected chi connectivity index (χ3v) is 4.34. The van der Waals surface area contributed by atoms with Crippen LogP contribution >= 0.6 is 15.9 Å². The molecule has 0 saturated carbocycles. The fraction of sp³-hybridized carbons (Fsp3) is 0.333. The number of hydrogen-bond acceptors (Lipinski definition) is 2. The summed E-state index contributed by atoms with van der Waals surface area (Å²) in [6.45, 7) is 5.94. The van der Waals surface area contributed by atoms with Gasteiger partial charge in [0.2, 0.25) is 5.91 Å². The van der Waals surface area contributed by atoms with Crippen LogP contribution in [0.5, 0.6) is 0 Å². The van der Waals surface area contributed by atoms with E-state index in [0.717, 1.165) is 21.5 Å². The van der Waals surface area contributed by atoms with Gasteiger partial charge in [0.05, 0.1) is 21.9 Å². The van der Waals surface area contributed by atoms with Gasteiger partial charge in [-0.1, -0.05) is 18.2 Å². The van der Waals surface area contributed by atoms with E-state index in [4.69, 9.17) is 0 Å². The van der Waals surface area contributed by atoms with Gasteiger partial charge >= 0.3 is 0 Å². The number of rotatable bonds is 4. The van der Waals surface area contributed by atoms with E-state index in [1.54, 1.807) is 0 Å². The van der Waals surface area contributed by atoms with Crippen molar-refractivity contribution in [1.82, 2.24) is 9.78 Å². The van der Waals surface area contributed by atoms with E-state index in [2.05, 4.69) is 26.3 Å². The smallest absolute Gasteiger partial charge is 0.226 e. The lowest BCUT2D eigenvalue weighted by molar-refractivity contribution is -0.116. The van der Waals surface area contributed by atoms with Gasteiger partial charge in [-0.2, -0.15) is 5.10 Å². The normalized spacial score (nSPS) is 12.2. The molecule has 2 aromatic rings. The number of nitrogens with one attached hydrogen (secondary N) is 1. The van der Waals surface area contributed by atoms with Crippen LogP contribution in [-0.2, 0) is 4.79 Å². The summed E-state index contributed by atoms with van der Waals surface area (Å²) in [4.78, 5) is 12.0. The number of para-hydroxylation sites is 1. The molecule has 0 saturated heterocycles. The zero-order valence-electron chi connectivity index (χ0n) is 11.9. The Kier molecular flexibility index (Phi) is 4.60. The van der Waals surface area contributed by atoms with E-state index in [-0.39, 0.29) is 11.9 Å². The molecule has 1 amide bonds. The predicted molar refractivity (Wildman–Crippen MR) is 83.8 cm³/mol. The van der Waals surface area contributed by atoms with Crippen molar-refractivity contribution in [1.29, 1.82) is 0 Å². The number of carbonyl (C=O) groups is 1. The van der Waals surface area contributed by atoms with Crippen LogP contribution in [0, 0.1) is 13.8 Å². The van der Waals surface area contributed by atoms with E-state index >= 15 is 0 Å². The summed E-state index contributed by atoms with van der Waals surface area (Å²) in [5, 5.41) is 7.35. The van der Waals surface area contributed by atoms with Crippen molar-refractivity contribution in [3.05, 3.63) is 46.2 Å². The van der Waals surface area contributed by atoms with Crippen LogP contribution in [0.4, 0.5) is 5.69 Å². The Labute approximate surface area is 127 Å². The molecule has 0 unspecified atom stereocenters. The maximum atomic E-state index is 12.0. The Morgan fingerprint density at radius 3 is 2.55 bits per heavy atom. The van der Waals surface area contributed by atoms with Gasteiger partial charge in [-0.05, 0) is 48.8 Å². The lowest BCUT2D eigenvalue weighted by Crippen LogP contribution is -2.19. The van der Waals surface area contributed by atoms with E-state index in [1.807, 2.05) is 55.8 Å². The number of benzene rings is 1. The number of nitrogens with zero attached hydrogens (tertiary/aromatic N) is 2. The minimum atomic E-state index is -0.00706. The Morgan fingerprint density at radius 2 is 2.00 bits per heavy atom. The Hall–Kier alpha value is -1.62. The molecular weight excluding hydrogens is 318 g/mol. The zero-order valence-corrected chi connectivity index (χ0v) is 13.4. The van der Waals surface area contributed by atoms with E-state index in [0.29, 0.717) is 6.42 Å². The second-order valence-electron chi connectivity index (χ2n) is 4.90.